The van der Waals surface area contributed by atoms with E-state index in [0.29, 0.717) is 19.3 Å². The summed E-state index contributed by atoms with van der Waals surface area (Å²) >= 11 is 0. The molecule has 0 aromatic carbocycles. The normalized spacial score (nSPS) is 12.3. The van der Waals surface area contributed by atoms with E-state index in [1.807, 2.05) is 0 Å². The van der Waals surface area contributed by atoms with Gasteiger partial charge in [-0.1, -0.05) is 205 Å². The first kappa shape index (κ1) is 55.6. The second kappa shape index (κ2) is 47.3. The predicted octanol–water partition coefficient (Wildman–Crippen LogP) is 16.1. The largest absolute Gasteiger partial charge is 0.462 e. The molecule has 338 valence electrons. The standard InChI is InChI=1S/C52H94O6/c1-4-7-10-13-16-19-21-23-24-25-26-27-28-30-31-33-36-39-42-45-51(54)57-48-49(47-56-50(53)44-41-38-35-18-15-12-9-6-3)58-52(55)46-43-40-37-34-32-29-22-20-17-14-11-8-5-2/h11,14,20,22-24,49H,4-10,12-13,15-19,21,25-48H2,1-3H3/b14-11-,22-20-,24-23-. The fourth-order valence-electron chi connectivity index (χ4n) is 7.06. The summed E-state index contributed by atoms with van der Waals surface area (Å²) in [4.78, 5) is 37.8. The quantitative estimate of drug-likeness (QED) is 0.0264. The van der Waals surface area contributed by atoms with Gasteiger partial charge in [-0.05, 0) is 70.6 Å². The third kappa shape index (κ3) is 44.7. The number of hydrogen-bond acceptors (Lipinski definition) is 6. The number of ether oxygens (including phenoxy) is 3. The Morgan fingerprint density at radius 3 is 1.03 bits per heavy atom. The third-order valence-electron chi connectivity index (χ3n) is 10.8. The van der Waals surface area contributed by atoms with E-state index < -0.39 is 6.10 Å². The van der Waals surface area contributed by atoms with Crippen molar-refractivity contribution in [2.24, 2.45) is 0 Å². The average Bonchev–Trinajstić information content (AvgIpc) is 3.22. The summed E-state index contributed by atoms with van der Waals surface area (Å²) in [6.45, 7) is 6.54. The minimum Gasteiger partial charge on any atom is -0.462 e. The van der Waals surface area contributed by atoms with Crippen LogP contribution in [0.15, 0.2) is 36.5 Å². The minimum absolute atomic E-state index is 0.0766. The van der Waals surface area contributed by atoms with Crippen molar-refractivity contribution in [2.45, 2.75) is 264 Å². The van der Waals surface area contributed by atoms with Crippen LogP contribution >= 0.6 is 0 Å². The monoisotopic (exact) mass is 815 g/mol. The van der Waals surface area contributed by atoms with Crippen molar-refractivity contribution in [1.29, 1.82) is 0 Å². The Labute approximate surface area is 359 Å². The molecule has 6 heteroatoms. The molecule has 0 fully saturated rings. The van der Waals surface area contributed by atoms with E-state index in [2.05, 4.69) is 57.2 Å². The van der Waals surface area contributed by atoms with E-state index in [4.69, 9.17) is 14.2 Å². The molecule has 0 radical (unpaired) electrons. The fraction of sp³-hybridized carbons (Fsp3) is 0.827. The zero-order valence-corrected chi connectivity index (χ0v) is 38.6. The molecule has 0 aliphatic rings. The SMILES string of the molecule is CCC/C=C\C/C=C\CCCCCCCC(=O)OC(COC(=O)CCCCCCCCCC)COC(=O)CCCCCCCCCCC/C=C\CCCCCCCC. The van der Waals surface area contributed by atoms with Gasteiger partial charge in [0.2, 0.25) is 0 Å². The summed E-state index contributed by atoms with van der Waals surface area (Å²) in [6.07, 6.45) is 54.2. The van der Waals surface area contributed by atoms with Crippen molar-refractivity contribution in [1.82, 2.24) is 0 Å². The predicted molar refractivity (Wildman–Crippen MR) is 247 cm³/mol. The topological polar surface area (TPSA) is 78.9 Å². The van der Waals surface area contributed by atoms with Gasteiger partial charge in [0.05, 0.1) is 0 Å². The molecule has 0 bridgehead atoms. The number of allylic oxidation sites excluding steroid dienone is 6. The lowest BCUT2D eigenvalue weighted by atomic mass is 10.1. The molecule has 0 saturated heterocycles. The van der Waals surface area contributed by atoms with Crippen LogP contribution in [0.3, 0.4) is 0 Å². The Bertz CT molecular complexity index is 984. The zero-order valence-electron chi connectivity index (χ0n) is 38.6. The smallest absolute Gasteiger partial charge is 0.306 e. The molecule has 0 spiro atoms. The highest BCUT2D eigenvalue weighted by Gasteiger charge is 2.19. The van der Waals surface area contributed by atoms with Crippen molar-refractivity contribution >= 4 is 17.9 Å². The Morgan fingerprint density at radius 2 is 0.655 bits per heavy atom. The van der Waals surface area contributed by atoms with Crippen LogP contribution in [-0.4, -0.2) is 37.2 Å². The fourth-order valence-corrected chi connectivity index (χ4v) is 7.06. The lowest BCUT2D eigenvalue weighted by molar-refractivity contribution is -0.167. The van der Waals surface area contributed by atoms with Crippen LogP contribution in [0.4, 0.5) is 0 Å². The maximum Gasteiger partial charge on any atom is 0.306 e. The molecule has 0 rings (SSSR count). The Kier molecular flexibility index (Phi) is 45.4. The highest BCUT2D eigenvalue weighted by molar-refractivity contribution is 5.71. The van der Waals surface area contributed by atoms with E-state index in [-0.39, 0.29) is 31.1 Å². The van der Waals surface area contributed by atoms with E-state index in [9.17, 15) is 14.4 Å². The number of carbonyl (C=O) groups is 3. The van der Waals surface area contributed by atoms with Crippen LogP contribution in [-0.2, 0) is 28.6 Å². The summed E-state index contributed by atoms with van der Waals surface area (Å²) in [5.74, 6) is -0.891. The molecule has 0 aromatic rings. The van der Waals surface area contributed by atoms with Crippen molar-refractivity contribution < 1.29 is 28.6 Å². The molecule has 6 nitrogen and oxygen atoms in total. The van der Waals surface area contributed by atoms with Gasteiger partial charge in [-0.2, -0.15) is 0 Å². The molecular weight excluding hydrogens is 721 g/mol. The van der Waals surface area contributed by atoms with E-state index >= 15 is 0 Å². The third-order valence-corrected chi connectivity index (χ3v) is 10.8. The number of rotatable bonds is 45. The van der Waals surface area contributed by atoms with Crippen LogP contribution in [0.2, 0.25) is 0 Å². The van der Waals surface area contributed by atoms with E-state index in [1.165, 1.54) is 128 Å². The van der Waals surface area contributed by atoms with Gasteiger partial charge in [-0.25, -0.2) is 0 Å². The molecule has 0 amide bonds. The maximum atomic E-state index is 12.7. The lowest BCUT2D eigenvalue weighted by Gasteiger charge is -2.18. The molecule has 0 aliphatic carbocycles. The van der Waals surface area contributed by atoms with Crippen molar-refractivity contribution in [3.63, 3.8) is 0 Å². The summed E-state index contributed by atoms with van der Waals surface area (Å²) in [7, 11) is 0. The first-order valence-electron chi connectivity index (χ1n) is 25.0. The molecule has 0 saturated carbocycles. The van der Waals surface area contributed by atoms with E-state index in [1.54, 1.807) is 0 Å². The van der Waals surface area contributed by atoms with Crippen molar-refractivity contribution in [2.75, 3.05) is 13.2 Å². The second-order valence-electron chi connectivity index (χ2n) is 16.7. The maximum absolute atomic E-state index is 12.7. The molecule has 1 unspecified atom stereocenters. The van der Waals surface area contributed by atoms with Gasteiger partial charge in [-0.3, -0.25) is 14.4 Å². The van der Waals surface area contributed by atoms with Crippen molar-refractivity contribution in [3.05, 3.63) is 36.5 Å². The number of hydrogen-bond donors (Lipinski definition) is 0. The molecule has 0 aliphatic heterocycles. The van der Waals surface area contributed by atoms with Crippen molar-refractivity contribution in [3.8, 4) is 0 Å². The zero-order chi connectivity index (χ0) is 42.3. The molecular formula is C52H94O6. The van der Waals surface area contributed by atoms with Crippen LogP contribution in [0.5, 0.6) is 0 Å². The van der Waals surface area contributed by atoms with Gasteiger partial charge in [0.1, 0.15) is 13.2 Å². The molecule has 58 heavy (non-hydrogen) atoms. The number of esters is 3. The molecule has 1 atom stereocenters. The first-order valence-corrected chi connectivity index (χ1v) is 25.0. The van der Waals surface area contributed by atoms with Gasteiger partial charge in [0.15, 0.2) is 6.10 Å². The highest BCUT2D eigenvalue weighted by atomic mass is 16.6. The van der Waals surface area contributed by atoms with Gasteiger partial charge >= 0.3 is 17.9 Å². The van der Waals surface area contributed by atoms with Gasteiger partial charge in [0.25, 0.3) is 0 Å². The lowest BCUT2D eigenvalue weighted by Crippen LogP contribution is -2.30. The molecule has 0 N–H and O–H groups in total. The van der Waals surface area contributed by atoms with Gasteiger partial charge in [-0.15, -0.1) is 0 Å². The second-order valence-corrected chi connectivity index (χ2v) is 16.7. The first-order chi connectivity index (χ1) is 28.5. The Morgan fingerprint density at radius 1 is 0.345 bits per heavy atom. The van der Waals surface area contributed by atoms with E-state index in [0.717, 1.165) is 89.9 Å². The van der Waals surface area contributed by atoms with Crippen LogP contribution in [0.25, 0.3) is 0 Å². The summed E-state index contributed by atoms with van der Waals surface area (Å²) in [6, 6.07) is 0. The highest BCUT2D eigenvalue weighted by Crippen LogP contribution is 2.15. The Balaban J connectivity index is 4.26. The number of carbonyl (C=O) groups excluding carboxylic acids is 3. The van der Waals surface area contributed by atoms with Crippen LogP contribution < -0.4 is 0 Å². The van der Waals surface area contributed by atoms with Gasteiger partial charge in [0, 0.05) is 19.3 Å². The molecule has 0 heterocycles. The summed E-state index contributed by atoms with van der Waals surface area (Å²) < 4.78 is 16.7. The number of unbranched alkanes of at least 4 members (excludes halogenated alkanes) is 28. The van der Waals surface area contributed by atoms with Crippen LogP contribution in [0, 0.1) is 0 Å². The minimum atomic E-state index is -0.774. The van der Waals surface area contributed by atoms with Gasteiger partial charge < -0.3 is 14.2 Å². The van der Waals surface area contributed by atoms with Crippen LogP contribution in [0.1, 0.15) is 258 Å². The summed E-state index contributed by atoms with van der Waals surface area (Å²) in [5, 5.41) is 0. The molecule has 0 aromatic heterocycles. The average molecular weight is 815 g/mol. The Hall–Kier alpha value is -2.37. The summed E-state index contributed by atoms with van der Waals surface area (Å²) in [5.41, 5.74) is 0.